The first kappa shape index (κ1) is 13.4. The molecule has 5 heteroatoms. The summed E-state index contributed by atoms with van der Waals surface area (Å²) in [6, 6.07) is 0. The van der Waals surface area contributed by atoms with E-state index in [0.29, 0.717) is 13.2 Å². The summed E-state index contributed by atoms with van der Waals surface area (Å²) >= 11 is 0. The molecule has 1 fully saturated rings. The number of carbonyl (C=O) groups excluding carboxylic acids is 1. The van der Waals surface area contributed by atoms with E-state index in [1.165, 1.54) is 0 Å². The average molecular weight is 229 g/mol. The SMILES string of the molecule is CN(C)CCOC(=O)CN1CCN(C)CC1. The number of rotatable bonds is 5. The second kappa shape index (κ2) is 6.83. The molecule has 0 aromatic rings. The number of ether oxygens (including phenoxy) is 1. The predicted molar refractivity (Wildman–Crippen MR) is 63.5 cm³/mol. The molecule has 0 atom stereocenters. The van der Waals surface area contributed by atoms with Gasteiger partial charge < -0.3 is 14.5 Å². The van der Waals surface area contributed by atoms with Crippen molar-refractivity contribution in [1.82, 2.24) is 14.7 Å². The summed E-state index contributed by atoms with van der Waals surface area (Å²) in [6.45, 7) is 5.68. The molecular formula is C11H23N3O2. The van der Waals surface area contributed by atoms with E-state index >= 15 is 0 Å². The summed E-state index contributed by atoms with van der Waals surface area (Å²) in [6.07, 6.45) is 0. The van der Waals surface area contributed by atoms with Gasteiger partial charge in [-0.2, -0.15) is 0 Å². The van der Waals surface area contributed by atoms with Crippen LogP contribution in [0.1, 0.15) is 0 Å². The normalized spacial score (nSPS) is 19.0. The van der Waals surface area contributed by atoms with Crippen molar-refractivity contribution in [1.29, 1.82) is 0 Å². The summed E-state index contributed by atoms with van der Waals surface area (Å²) in [5.74, 6) is -0.105. The van der Waals surface area contributed by atoms with Crippen LogP contribution in [0.15, 0.2) is 0 Å². The van der Waals surface area contributed by atoms with Gasteiger partial charge in [0.1, 0.15) is 6.61 Å². The third kappa shape index (κ3) is 5.44. The minimum Gasteiger partial charge on any atom is -0.463 e. The summed E-state index contributed by atoms with van der Waals surface area (Å²) < 4.78 is 5.15. The molecular weight excluding hydrogens is 206 g/mol. The number of esters is 1. The Morgan fingerprint density at radius 2 is 1.88 bits per heavy atom. The average Bonchev–Trinajstić information content (AvgIpc) is 2.21. The molecule has 1 heterocycles. The molecule has 5 nitrogen and oxygen atoms in total. The minimum atomic E-state index is -0.105. The fourth-order valence-electron chi connectivity index (χ4n) is 1.58. The summed E-state index contributed by atoms with van der Waals surface area (Å²) in [7, 11) is 6.04. The lowest BCUT2D eigenvalue weighted by atomic mass is 10.3. The highest BCUT2D eigenvalue weighted by Gasteiger charge is 2.16. The van der Waals surface area contributed by atoms with Gasteiger partial charge in [0, 0.05) is 32.7 Å². The second-order valence-electron chi connectivity index (χ2n) is 4.60. The number of carbonyl (C=O) groups is 1. The molecule has 1 aliphatic rings. The Labute approximate surface area is 97.9 Å². The summed E-state index contributed by atoms with van der Waals surface area (Å²) in [4.78, 5) is 17.9. The van der Waals surface area contributed by atoms with Crippen molar-refractivity contribution in [3.05, 3.63) is 0 Å². The van der Waals surface area contributed by atoms with Gasteiger partial charge in [0.2, 0.25) is 0 Å². The molecule has 1 rings (SSSR count). The molecule has 1 saturated heterocycles. The van der Waals surface area contributed by atoms with Crippen LogP contribution in [-0.2, 0) is 9.53 Å². The highest BCUT2D eigenvalue weighted by Crippen LogP contribution is 1.98. The summed E-state index contributed by atoms with van der Waals surface area (Å²) in [5.41, 5.74) is 0. The first-order valence-electron chi connectivity index (χ1n) is 5.79. The number of nitrogens with zero attached hydrogens (tertiary/aromatic N) is 3. The van der Waals surface area contributed by atoms with E-state index in [1.54, 1.807) is 0 Å². The van der Waals surface area contributed by atoms with E-state index in [1.807, 2.05) is 19.0 Å². The van der Waals surface area contributed by atoms with E-state index in [-0.39, 0.29) is 5.97 Å². The maximum Gasteiger partial charge on any atom is 0.320 e. The first-order chi connectivity index (χ1) is 7.58. The topological polar surface area (TPSA) is 36.0 Å². The van der Waals surface area contributed by atoms with E-state index < -0.39 is 0 Å². The Hall–Kier alpha value is -0.650. The van der Waals surface area contributed by atoms with Gasteiger partial charge in [-0.05, 0) is 21.1 Å². The fraction of sp³-hybridized carbons (Fsp3) is 0.909. The molecule has 0 radical (unpaired) electrons. The molecule has 0 aromatic heterocycles. The quantitative estimate of drug-likeness (QED) is 0.585. The maximum atomic E-state index is 11.5. The molecule has 0 N–H and O–H groups in total. The molecule has 0 unspecified atom stereocenters. The van der Waals surface area contributed by atoms with Gasteiger partial charge >= 0.3 is 5.97 Å². The first-order valence-corrected chi connectivity index (χ1v) is 5.79. The zero-order valence-electron chi connectivity index (χ0n) is 10.6. The number of piperazine rings is 1. The molecule has 0 saturated carbocycles. The molecule has 94 valence electrons. The molecule has 0 amide bonds. The van der Waals surface area contributed by atoms with Crippen LogP contribution in [0.2, 0.25) is 0 Å². The van der Waals surface area contributed by atoms with Gasteiger partial charge in [0.25, 0.3) is 0 Å². The lowest BCUT2D eigenvalue weighted by Gasteiger charge is -2.31. The van der Waals surface area contributed by atoms with Gasteiger partial charge in [-0.25, -0.2) is 0 Å². The molecule has 1 aliphatic heterocycles. The largest absolute Gasteiger partial charge is 0.463 e. The Morgan fingerprint density at radius 1 is 1.25 bits per heavy atom. The fourth-order valence-corrected chi connectivity index (χ4v) is 1.58. The van der Waals surface area contributed by atoms with Crippen LogP contribution in [0.5, 0.6) is 0 Å². The third-order valence-corrected chi connectivity index (χ3v) is 2.75. The highest BCUT2D eigenvalue weighted by molar-refractivity contribution is 5.71. The van der Waals surface area contributed by atoms with E-state index in [2.05, 4.69) is 16.8 Å². The lowest BCUT2D eigenvalue weighted by molar-refractivity contribution is -0.145. The van der Waals surface area contributed by atoms with Crippen LogP contribution in [0.4, 0.5) is 0 Å². The Morgan fingerprint density at radius 3 is 2.44 bits per heavy atom. The van der Waals surface area contributed by atoms with Crippen LogP contribution in [0.25, 0.3) is 0 Å². The van der Waals surface area contributed by atoms with E-state index in [9.17, 15) is 4.79 Å². The highest BCUT2D eigenvalue weighted by atomic mass is 16.5. The van der Waals surface area contributed by atoms with Crippen molar-refractivity contribution in [2.45, 2.75) is 0 Å². The van der Waals surface area contributed by atoms with Crippen LogP contribution in [-0.4, -0.2) is 87.7 Å². The Balaban J connectivity index is 2.09. The van der Waals surface area contributed by atoms with Crippen LogP contribution >= 0.6 is 0 Å². The van der Waals surface area contributed by atoms with Crippen LogP contribution in [0, 0.1) is 0 Å². The van der Waals surface area contributed by atoms with Crippen molar-refractivity contribution in [3.8, 4) is 0 Å². The molecule has 0 aromatic carbocycles. The second-order valence-corrected chi connectivity index (χ2v) is 4.60. The predicted octanol–water partition coefficient (Wildman–Crippen LogP) is -0.661. The standard InChI is InChI=1S/C11H23N3O2/c1-12(2)8-9-16-11(15)10-14-6-4-13(3)5-7-14/h4-10H2,1-3H3. The number of likely N-dealkylation sites (N-methyl/N-ethyl adjacent to an activating group) is 2. The zero-order chi connectivity index (χ0) is 12.0. The smallest absolute Gasteiger partial charge is 0.320 e. The number of hydrogen-bond donors (Lipinski definition) is 0. The monoisotopic (exact) mass is 229 g/mol. The van der Waals surface area contributed by atoms with E-state index in [0.717, 1.165) is 32.7 Å². The molecule has 0 spiro atoms. The van der Waals surface area contributed by atoms with Crippen molar-refractivity contribution in [2.75, 3.05) is 67.0 Å². The van der Waals surface area contributed by atoms with Crippen LogP contribution in [0.3, 0.4) is 0 Å². The molecule has 0 aliphatic carbocycles. The Kier molecular flexibility index (Phi) is 5.73. The van der Waals surface area contributed by atoms with Crippen molar-refractivity contribution >= 4 is 5.97 Å². The van der Waals surface area contributed by atoms with Gasteiger partial charge in [0.15, 0.2) is 0 Å². The lowest BCUT2D eigenvalue weighted by Crippen LogP contribution is -2.46. The van der Waals surface area contributed by atoms with Crippen molar-refractivity contribution in [2.24, 2.45) is 0 Å². The summed E-state index contributed by atoms with van der Waals surface area (Å²) in [5, 5.41) is 0. The van der Waals surface area contributed by atoms with Gasteiger partial charge in [-0.3, -0.25) is 9.69 Å². The van der Waals surface area contributed by atoms with E-state index in [4.69, 9.17) is 4.74 Å². The minimum absolute atomic E-state index is 0.105. The van der Waals surface area contributed by atoms with Gasteiger partial charge in [-0.1, -0.05) is 0 Å². The third-order valence-electron chi connectivity index (χ3n) is 2.75. The van der Waals surface area contributed by atoms with Gasteiger partial charge in [-0.15, -0.1) is 0 Å². The maximum absolute atomic E-state index is 11.5. The molecule has 16 heavy (non-hydrogen) atoms. The number of hydrogen-bond acceptors (Lipinski definition) is 5. The van der Waals surface area contributed by atoms with Crippen molar-refractivity contribution in [3.63, 3.8) is 0 Å². The van der Waals surface area contributed by atoms with Crippen molar-refractivity contribution < 1.29 is 9.53 Å². The Bertz CT molecular complexity index is 213. The molecule has 0 bridgehead atoms. The zero-order valence-corrected chi connectivity index (χ0v) is 10.6. The van der Waals surface area contributed by atoms with Crippen LogP contribution < -0.4 is 0 Å². The van der Waals surface area contributed by atoms with Gasteiger partial charge in [0.05, 0.1) is 6.54 Å².